The summed E-state index contributed by atoms with van der Waals surface area (Å²) in [7, 11) is 0. The zero-order valence-corrected chi connectivity index (χ0v) is 12.1. The molecule has 0 bridgehead atoms. The SMILES string of the molecule is NC(Cc1cnc[nH]1)C(=O)C(N)(C(=O)O)C(=O)C1CCC(=O)N1. The third-order valence-electron chi connectivity index (χ3n) is 3.76. The Kier molecular flexibility index (Phi) is 4.57. The molecule has 1 aromatic rings. The molecule has 124 valence electrons. The van der Waals surface area contributed by atoms with Gasteiger partial charge in [-0.1, -0.05) is 0 Å². The number of hydrogen-bond acceptors (Lipinski definition) is 7. The molecular weight excluding hydrogens is 306 g/mol. The van der Waals surface area contributed by atoms with Crippen LogP contribution in [0.5, 0.6) is 0 Å². The number of aromatic amines is 1. The zero-order chi connectivity index (χ0) is 17.2. The third kappa shape index (κ3) is 3.12. The van der Waals surface area contributed by atoms with Gasteiger partial charge in [0.2, 0.25) is 11.4 Å². The summed E-state index contributed by atoms with van der Waals surface area (Å²) in [5.41, 5.74) is 9.04. The number of carbonyl (C=O) groups is 4. The lowest BCUT2D eigenvalue weighted by molar-refractivity contribution is -0.154. The average Bonchev–Trinajstić information content (AvgIpc) is 3.16. The number of rotatable bonds is 7. The van der Waals surface area contributed by atoms with Crippen molar-refractivity contribution in [3.63, 3.8) is 0 Å². The van der Waals surface area contributed by atoms with Crippen LogP contribution in [0.25, 0.3) is 0 Å². The predicted octanol–water partition coefficient (Wildman–Crippen LogP) is -2.52. The second kappa shape index (κ2) is 6.26. The Balaban J connectivity index is 2.21. The first kappa shape index (κ1) is 16.8. The highest BCUT2D eigenvalue weighted by molar-refractivity contribution is 6.29. The van der Waals surface area contributed by atoms with E-state index in [2.05, 4.69) is 15.3 Å². The van der Waals surface area contributed by atoms with Crippen LogP contribution in [0.1, 0.15) is 18.5 Å². The standard InChI is InChI=1S/C13H17N5O5/c14-7(3-6-4-16-5-17-6)10(20)13(15,12(22)23)11(21)8-1-2-9(19)18-8/h4-5,7-8H,1-3,14-15H2,(H,16,17)(H,18,19)(H,22,23). The highest BCUT2D eigenvalue weighted by Crippen LogP contribution is 2.17. The first-order chi connectivity index (χ1) is 10.8. The predicted molar refractivity (Wildman–Crippen MR) is 76.0 cm³/mol. The molecule has 1 saturated heterocycles. The number of H-pyrrole nitrogens is 1. The van der Waals surface area contributed by atoms with Gasteiger partial charge >= 0.3 is 5.97 Å². The molecule has 1 aromatic heterocycles. The Hall–Kier alpha value is -2.59. The molecule has 2 heterocycles. The molecule has 10 heteroatoms. The lowest BCUT2D eigenvalue weighted by Gasteiger charge is -2.27. The minimum Gasteiger partial charge on any atom is -0.479 e. The van der Waals surface area contributed by atoms with Crippen LogP contribution in [0.3, 0.4) is 0 Å². The summed E-state index contributed by atoms with van der Waals surface area (Å²) >= 11 is 0. The van der Waals surface area contributed by atoms with Gasteiger partial charge in [0.05, 0.1) is 18.4 Å². The molecule has 2 rings (SSSR count). The zero-order valence-electron chi connectivity index (χ0n) is 12.1. The van der Waals surface area contributed by atoms with Crippen LogP contribution in [0, 0.1) is 0 Å². The average molecular weight is 323 g/mol. The maximum Gasteiger partial charge on any atom is 0.339 e. The van der Waals surface area contributed by atoms with E-state index < -0.39 is 41.1 Å². The number of ketones is 2. The van der Waals surface area contributed by atoms with Gasteiger partial charge in [0.1, 0.15) is 0 Å². The number of nitrogens with one attached hydrogen (secondary N) is 2. The number of amides is 1. The number of nitrogens with two attached hydrogens (primary N) is 2. The molecule has 0 aromatic carbocycles. The van der Waals surface area contributed by atoms with E-state index in [0.29, 0.717) is 5.69 Å². The van der Waals surface area contributed by atoms with E-state index in [1.165, 1.54) is 12.5 Å². The summed E-state index contributed by atoms with van der Waals surface area (Å²) in [6.07, 6.45) is 2.91. The number of nitrogens with zero attached hydrogens (tertiary/aromatic N) is 1. The van der Waals surface area contributed by atoms with Crippen molar-refractivity contribution in [1.82, 2.24) is 15.3 Å². The molecule has 10 nitrogen and oxygen atoms in total. The Morgan fingerprint density at radius 2 is 2.17 bits per heavy atom. The van der Waals surface area contributed by atoms with E-state index in [4.69, 9.17) is 11.5 Å². The van der Waals surface area contributed by atoms with E-state index in [-0.39, 0.29) is 19.3 Å². The first-order valence-electron chi connectivity index (χ1n) is 6.90. The highest BCUT2D eigenvalue weighted by Gasteiger charge is 2.54. The fraction of sp³-hybridized carbons (Fsp3) is 0.462. The second-order valence-corrected chi connectivity index (χ2v) is 5.39. The monoisotopic (exact) mass is 323 g/mol. The number of Topliss-reactive ketones (excluding diaryl/α,β-unsaturated/α-hetero) is 2. The van der Waals surface area contributed by atoms with Crippen LogP contribution in [-0.2, 0) is 25.6 Å². The lowest BCUT2D eigenvalue weighted by atomic mass is 9.81. The molecule has 0 radical (unpaired) electrons. The van der Waals surface area contributed by atoms with Gasteiger partial charge in [-0.2, -0.15) is 0 Å². The molecule has 1 amide bonds. The van der Waals surface area contributed by atoms with Crippen LogP contribution in [0.2, 0.25) is 0 Å². The number of imidazole rings is 1. The molecule has 3 atom stereocenters. The molecular formula is C13H17N5O5. The maximum absolute atomic E-state index is 12.4. The van der Waals surface area contributed by atoms with Crippen molar-refractivity contribution in [3.05, 3.63) is 18.2 Å². The quantitative estimate of drug-likeness (QED) is 0.341. The summed E-state index contributed by atoms with van der Waals surface area (Å²) in [4.78, 5) is 54.0. The minimum atomic E-state index is -2.80. The summed E-state index contributed by atoms with van der Waals surface area (Å²) in [5, 5.41) is 11.6. The molecule has 0 spiro atoms. The topological polar surface area (TPSA) is 181 Å². The molecule has 23 heavy (non-hydrogen) atoms. The second-order valence-electron chi connectivity index (χ2n) is 5.39. The number of aromatic nitrogens is 2. The Labute approximate surface area is 130 Å². The van der Waals surface area contributed by atoms with Gasteiger partial charge in [-0.15, -0.1) is 0 Å². The van der Waals surface area contributed by atoms with Gasteiger partial charge in [0.15, 0.2) is 11.6 Å². The first-order valence-corrected chi connectivity index (χ1v) is 6.90. The fourth-order valence-corrected chi connectivity index (χ4v) is 2.44. The summed E-state index contributed by atoms with van der Waals surface area (Å²) in [6, 6.07) is -2.41. The van der Waals surface area contributed by atoms with E-state index in [1.54, 1.807) is 0 Å². The summed E-state index contributed by atoms with van der Waals surface area (Å²) in [6.45, 7) is 0. The molecule has 0 aliphatic carbocycles. The Morgan fingerprint density at radius 3 is 2.65 bits per heavy atom. The Bertz CT molecular complexity index is 643. The van der Waals surface area contributed by atoms with Crippen molar-refractivity contribution >= 4 is 23.4 Å². The van der Waals surface area contributed by atoms with E-state index >= 15 is 0 Å². The van der Waals surface area contributed by atoms with Crippen molar-refractivity contribution < 1.29 is 24.3 Å². The van der Waals surface area contributed by atoms with Gasteiger partial charge in [-0.05, 0) is 6.42 Å². The van der Waals surface area contributed by atoms with Crippen molar-refractivity contribution in [2.24, 2.45) is 11.5 Å². The largest absolute Gasteiger partial charge is 0.479 e. The summed E-state index contributed by atoms with van der Waals surface area (Å²) in [5.74, 6) is -4.38. The van der Waals surface area contributed by atoms with Crippen molar-refractivity contribution in [1.29, 1.82) is 0 Å². The normalized spacial score (nSPS) is 21.3. The molecule has 1 fully saturated rings. The number of carboxylic acids is 1. The number of carboxylic acid groups (broad SMARTS) is 1. The van der Waals surface area contributed by atoms with Crippen LogP contribution in [-0.4, -0.2) is 56.1 Å². The number of hydrogen-bond donors (Lipinski definition) is 5. The van der Waals surface area contributed by atoms with Crippen LogP contribution in [0.15, 0.2) is 12.5 Å². The fourth-order valence-electron chi connectivity index (χ4n) is 2.44. The van der Waals surface area contributed by atoms with Crippen molar-refractivity contribution in [2.45, 2.75) is 36.9 Å². The van der Waals surface area contributed by atoms with Crippen molar-refractivity contribution in [3.8, 4) is 0 Å². The van der Waals surface area contributed by atoms with Gasteiger partial charge < -0.3 is 26.9 Å². The van der Waals surface area contributed by atoms with E-state index in [9.17, 15) is 24.3 Å². The highest BCUT2D eigenvalue weighted by atomic mass is 16.4. The molecule has 1 aliphatic heterocycles. The summed E-state index contributed by atoms with van der Waals surface area (Å²) < 4.78 is 0. The number of carbonyl (C=O) groups excluding carboxylic acids is 3. The minimum absolute atomic E-state index is 0.0463. The van der Waals surface area contributed by atoms with Crippen LogP contribution < -0.4 is 16.8 Å². The molecule has 1 aliphatic rings. The van der Waals surface area contributed by atoms with Crippen molar-refractivity contribution in [2.75, 3.05) is 0 Å². The molecule has 7 N–H and O–H groups in total. The van der Waals surface area contributed by atoms with Gasteiger partial charge in [-0.3, -0.25) is 14.4 Å². The van der Waals surface area contributed by atoms with Crippen LogP contribution in [0.4, 0.5) is 0 Å². The smallest absolute Gasteiger partial charge is 0.339 e. The van der Waals surface area contributed by atoms with Gasteiger partial charge in [0.25, 0.3) is 0 Å². The number of aliphatic carboxylic acids is 1. The van der Waals surface area contributed by atoms with E-state index in [0.717, 1.165) is 0 Å². The van der Waals surface area contributed by atoms with Gasteiger partial charge in [-0.25, -0.2) is 9.78 Å². The molecule has 3 unspecified atom stereocenters. The van der Waals surface area contributed by atoms with Crippen LogP contribution >= 0.6 is 0 Å². The maximum atomic E-state index is 12.4. The van der Waals surface area contributed by atoms with Gasteiger partial charge in [0, 0.05) is 24.7 Å². The molecule has 0 saturated carbocycles. The lowest BCUT2D eigenvalue weighted by Crippen LogP contribution is -2.68. The van der Waals surface area contributed by atoms with E-state index in [1.807, 2.05) is 0 Å². The third-order valence-corrected chi connectivity index (χ3v) is 3.76. The Morgan fingerprint density at radius 1 is 1.48 bits per heavy atom.